The van der Waals surface area contributed by atoms with E-state index in [0.717, 1.165) is 5.56 Å². The van der Waals surface area contributed by atoms with Crippen molar-refractivity contribution < 1.29 is 28.5 Å². The van der Waals surface area contributed by atoms with Crippen molar-refractivity contribution in [3.63, 3.8) is 0 Å². The largest absolute Gasteiger partial charge is 0.494 e. The van der Waals surface area contributed by atoms with E-state index in [2.05, 4.69) is 4.99 Å². The van der Waals surface area contributed by atoms with Gasteiger partial charge in [0.1, 0.15) is 17.5 Å². The van der Waals surface area contributed by atoms with Gasteiger partial charge in [-0.2, -0.15) is 0 Å². The third-order valence-electron chi connectivity index (χ3n) is 5.87. The minimum Gasteiger partial charge on any atom is -0.494 e. The summed E-state index contributed by atoms with van der Waals surface area (Å²) in [6.07, 6.45) is 1.76. The lowest BCUT2D eigenvalue weighted by molar-refractivity contribution is -0.145. The van der Waals surface area contributed by atoms with Crippen LogP contribution in [0.2, 0.25) is 0 Å². The molecule has 1 aromatic heterocycles. The van der Waals surface area contributed by atoms with Gasteiger partial charge in [-0.05, 0) is 57.5 Å². The van der Waals surface area contributed by atoms with Crippen LogP contribution in [0.3, 0.4) is 0 Å². The number of thiazole rings is 1. The molecule has 0 N–H and O–H groups in total. The van der Waals surface area contributed by atoms with Crippen LogP contribution in [0.5, 0.6) is 11.5 Å². The van der Waals surface area contributed by atoms with Crippen molar-refractivity contribution in [3.05, 3.63) is 90.6 Å². The number of nitrogens with zero attached hydrogens (tertiary/aromatic N) is 2. The number of esters is 2. The van der Waals surface area contributed by atoms with Crippen LogP contribution >= 0.6 is 11.3 Å². The number of rotatable bonds is 10. The number of benzene rings is 2. The summed E-state index contributed by atoms with van der Waals surface area (Å²) in [7, 11) is 0. The Kier molecular flexibility index (Phi) is 8.98. The molecule has 0 spiro atoms. The molecule has 2 heterocycles. The highest BCUT2D eigenvalue weighted by Gasteiger charge is 2.35. The van der Waals surface area contributed by atoms with Crippen LogP contribution in [0.1, 0.15) is 44.9 Å². The summed E-state index contributed by atoms with van der Waals surface area (Å²) in [6.45, 7) is 7.82. The van der Waals surface area contributed by atoms with Gasteiger partial charge in [-0.3, -0.25) is 9.36 Å². The lowest BCUT2D eigenvalue weighted by Gasteiger charge is -2.26. The van der Waals surface area contributed by atoms with Crippen molar-refractivity contribution in [2.24, 2.45) is 4.99 Å². The molecule has 3 aromatic rings. The van der Waals surface area contributed by atoms with E-state index in [0.29, 0.717) is 44.3 Å². The van der Waals surface area contributed by atoms with Gasteiger partial charge in [0.25, 0.3) is 5.56 Å². The van der Waals surface area contributed by atoms with E-state index in [1.807, 2.05) is 31.2 Å². The monoisotopic (exact) mass is 550 g/mol. The number of aromatic nitrogens is 1. The molecule has 204 valence electrons. The van der Waals surface area contributed by atoms with Crippen molar-refractivity contribution in [3.8, 4) is 11.5 Å². The SMILES string of the molecule is CCOC(=O)COc1ccc(/C=c2/sc3n(c2=O)C(c2ccccc2OCC)C(C(=O)OCC)=C(C)N=3)cc1. The summed E-state index contributed by atoms with van der Waals surface area (Å²) < 4.78 is 23.5. The van der Waals surface area contributed by atoms with Crippen LogP contribution in [-0.2, 0) is 19.1 Å². The molecule has 39 heavy (non-hydrogen) atoms. The zero-order valence-corrected chi connectivity index (χ0v) is 23.1. The fraction of sp³-hybridized carbons (Fsp3) is 0.310. The molecule has 1 atom stereocenters. The molecule has 0 amide bonds. The van der Waals surface area contributed by atoms with Crippen molar-refractivity contribution >= 4 is 29.4 Å². The van der Waals surface area contributed by atoms with Crippen molar-refractivity contribution in [2.45, 2.75) is 33.7 Å². The number of para-hydroxylation sites is 1. The first kappa shape index (κ1) is 27.8. The molecular formula is C29H30N2O7S. The lowest BCUT2D eigenvalue weighted by Crippen LogP contribution is -2.40. The first-order chi connectivity index (χ1) is 18.9. The van der Waals surface area contributed by atoms with Gasteiger partial charge in [-0.1, -0.05) is 41.7 Å². The molecule has 0 radical (unpaired) electrons. The summed E-state index contributed by atoms with van der Waals surface area (Å²) >= 11 is 1.24. The molecule has 2 aromatic carbocycles. The molecule has 0 saturated carbocycles. The third kappa shape index (κ3) is 6.12. The Bertz CT molecular complexity index is 1570. The summed E-state index contributed by atoms with van der Waals surface area (Å²) in [6, 6.07) is 13.6. The number of carbonyl (C=O) groups is 2. The van der Waals surface area contributed by atoms with E-state index >= 15 is 0 Å². The smallest absolute Gasteiger partial charge is 0.344 e. The Labute approximate surface area is 229 Å². The summed E-state index contributed by atoms with van der Waals surface area (Å²) in [5.41, 5.74) is 1.93. The van der Waals surface area contributed by atoms with Crippen molar-refractivity contribution in [1.29, 1.82) is 0 Å². The van der Waals surface area contributed by atoms with E-state index in [9.17, 15) is 14.4 Å². The van der Waals surface area contributed by atoms with E-state index < -0.39 is 18.0 Å². The fourth-order valence-electron chi connectivity index (χ4n) is 4.24. The molecular weight excluding hydrogens is 520 g/mol. The highest BCUT2D eigenvalue weighted by molar-refractivity contribution is 7.07. The number of hydrogen-bond donors (Lipinski definition) is 0. The molecule has 0 fully saturated rings. The molecule has 1 unspecified atom stereocenters. The van der Waals surface area contributed by atoms with E-state index in [-0.39, 0.29) is 25.4 Å². The highest BCUT2D eigenvalue weighted by Crippen LogP contribution is 2.35. The van der Waals surface area contributed by atoms with Gasteiger partial charge in [0.05, 0.1) is 35.6 Å². The first-order valence-corrected chi connectivity index (χ1v) is 13.5. The van der Waals surface area contributed by atoms with Gasteiger partial charge in [-0.25, -0.2) is 14.6 Å². The van der Waals surface area contributed by atoms with Crippen LogP contribution < -0.4 is 24.4 Å². The molecule has 1 aliphatic rings. The number of ether oxygens (including phenoxy) is 4. The minimum absolute atomic E-state index is 0.183. The predicted molar refractivity (Wildman–Crippen MR) is 147 cm³/mol. The summed E-state index contributed by atoms with van der Waals surface area (Å²) in [5, 5.41) is 0. The second-order valence-electron chi connectivity index (χ2n) is 8.44. The molecule has 0 saturated heterocycles. The van der Waals surface area contributed by atoms with Gasteiger partial charge in [0.2, 0.25) is 0 Å². The molecule has 0 aliphatic carbocycles. The number of carbonyl (C=O) groups excluding carboxylic acids is 2. The standard InChI is InChI=1S/C29H30N2O7S/c1-5-35-22-11-9-8-10-21(22)26-25(28(34)37-7-3)18(4)30-29-31(26)27(33)23(39-29)16-19-12-14-20(15-13-19)38-17-24(32)36-6-2/h8-16,26H,5-7,17H2,1-4H3/b23-16+. The second-order valence-corrected chi connectivity index (χ2v) is 9.44. The third-order valence-corrected chi connectivity index (χ3v) is 6.85. The van der Waals surface area contributed by atoms with E-state index in [1.54, 1.807) is 51.1 Å². The van der Waals surface area contributed by atoms with E-state index in [4.69, 9.17) is 18.9 Å². The van der Waals surface area contributed by atoms with Crippen LogP contribution in [0.25, 0.3) is 6.08 Å². The topological polar surface area (TPSA) is 105 Å². The molecule has 10 heteroatoms. The van der Waals surface area contributed by atoms with Crippen LogP contribution in [0.15, 0.2) is 69.6 Å². The Morgan fingerprint density at radius 3 is 2.38 bits per heavy atom. The summed E-state index contributed by atoms with van der Waals surface area (Å²) in [4.78, 5) is 43.5. The molecule has 9 nitrogen and oxygen atoms in total. The molecule has 4 rings (SSSR count). The van der Waals surface area contributed by atoms with Crippen molar-refractivity contribution in [1.82, 2.24) is 4.57 Å². The van der Waals surface area contributed by atoms with Gasteiger partial charge >= 0.3 is 11.9 Å². The molecule has 0 bridgehead atoms. The normalized spacial score (nSPS) is 14.9. The minimum atomic E-state index is -0.760. The summed E-state index contributed by atoms with van der Waals surface area (Å²) in [5.74, 6) is 0.113. The second kappa shape index (κ2) is 12.6. The Hall–Kier alpha value is -4.18. The first-order valence-electron chi connectivity index (χ1n) is 12.7. The fourth-order valence-corrected chi connectivity index (χ4v) is 5.28. The Morgan fingerprint density at radius 2 is 1.69 bits per heavy atom. The Balaban J connectivity index is 1.77. The molecule has 1 aliphatic heterocycles. The van der Waals surface area contributed by atoms with Crippen molar-refractivity contribution in [2.75, 3.05) is 26.4 Å². The number of hydrogen-bond acceptors (Lipinski definition) is 9. The average molecular weight is 551 g/mol. The van der Waals surface area contributed by atoms with Gasteiger partial charge in [0.15, 0.2) is 11.4 Å². The van der Waals surface area contributed by atoms with E-state index in [1.165, 1.54) is 15.9 Å². The Morgan fingerprint density at radius 1 is 0.974 bits per heavy atom. The van der Waals surface area contributed by atoms with Crippen LogP contribution in [-0.4, -0.2) is 42.9 Å². The quantitative estimate of drug-likeness (QED) is 0.357. The van der Waals surface area contributed by atoms with Crippen LogP contribution in [0.4, 0.5) is 0 Å². The lowest BCUT2D eigenvalue weighted by atomic mass is 9.95. The van der Waals surface area contributed by atoms with Gasteiger partial charge < -0.3 is 18.9 Å². The number of allylic oxidation sites excluding steroid dienone is 1. The maximum atomic E-state index is 13.8. The predicted octanol–water partition coefficient (Wildman–Crippen LogP) is 3.14. The zero-order chi connectivity index (χ0) is 27.9. The zero-order valence-electron chi connectivity index (χ0n) is 22.3. The van der Waals surface area contributed by atoms with Gasteiger partial charge in [-0.15, -0.1) is 0 Å². The maximum Gasteiger partial charge on any atom is 0.344 e. The highest BCUT2D eigenvalue weighted by atomic mass is 32.1. The van der Waals surface area contributed by atoms with Gasteiger partial charge in [0, 0.05) is 5.56 Å². The van der Waals surface area contributed by atoms with Crippen LogP contribution in [0, 0.1) is 0 Å². The average Bonchev–Trinajstić information content (AvgIpc) is 3.22. The number of fused-ring (bicyclic) bond motifs is 1. The maximum absolute atomic E-state index is 13.8.